The molecule has 1 aromatic carbocycles. The molecule has 0 saturated heterocycles. The van der Waals surface area contributed by atoms with Gasteiger partial charge < -0.3 is 5.11 Å². The fourth-order valence-electron chi connectivity index (χ4n) is 1.61. The Kier molecular flexibility index (Phi) is 2.64. The van der Waals surface area contributed by atoms with E-state index in [1.807, 2.05) is 32.0 Å². The van der Waals surface area contributed by atoms with Crippen molar-refractivity contribution in [3.8, 4) is 0 Å². The number of para-hydroxylation sites is 1. The summed E-state index contributed by atoms with van der Waals surface area (Å²) in [5.41, 5.74) is 2.48. The minimum absolute atomic E-state index is 0.178. The maximum atomic E-state index is 10.0. The summed E-state index contributed by atoms with van der Waals surface area (Å²) in [5, 5.41) is 10.0. The fourth-order valence-corrected chi connectivity index (χ4v) is 1.61. The first-order chi connectivity index (χ1) is 7.20. The van der Waals surface area contributed by atoms with Gasteiger partial charge in [-0.2, -0.15) is 0 Å². The third-order valence-electron chi connectivity index (χ3n) is 2.48. The Morgan fingerprint density at radius 1 is 1.13 bits per heavy atom. The number of nitrogens with zero attached hydrogens (tertiary/aromatic N) is 2. The zero-order chi connectivity index (χ0) is 10.8. The van der Waals surface area contributed by atoms with E-state index in [0.29, 0.717) is 0 Å². The average Bonchev–Trinajstić information content (AvgIpc) is 2.27. The monoisotopic (exact) mass is 202 g/mol. The van der Waals surface area contributed by atoms with E-state index in [0.717, 1.165) is 16.6 Å². The zero-order valence-electron chi connectivity index (χ0n) is 8.88. The molecule has 0 aliphatic rings. The Labute approximate surface area is 88.8 Å². The first-order valence-electron chi connectivity index (χ1n) is 5.08. The maximum absolute atomic E-state index is 10.0. The predicted octanol–water partition coefficient (Wildman–Crippen LogP) is 2.32. The highest BCUT2D eigenvalue weighted by molar-refractivity contribution is 5.77. The van der Waals surface area contributed by atoms with E-state index in [2.05, 4.69) is 9.97 Å². The number of aromatic nitrogens is 2. The van der Waals surface area contributed by atoms with Crippen molar-refractivity contribution in [2.75, 3.05) is 0 Å². The number of aliphatic hydroxyl groups is 1. The molecule has 0 aliphatic carbocycles. The topological polar surface area (TPSA) is 46.0 Å². The first-order valence-corrected chi connectivity index (χ1v) is 5.08. The van der Waals surface area contributed by atoms with Crippen molar-refractivity contribution in [1.29, 1.82) is 0 Å². The summed E-state index contributed by atoms with van der Waals surface area (Å²) < 4.78 is 0. The molecule has 0 radical (unpaired) electrons. The SMILES string of the molecule is CC(C)C(O)c1cccc2nccnc12. The molecule has 3 heteroatoms. The Morgan fingerprint density at radius 3 is 2.60 bits per heavy atom. The van der Waals surface area contributed by atoms with Crippen molar-refractivity contribution in [1.82, 2.24) is 9.97 Å². The number of hydrogen-bond donors (Lipinski definition) is 1. The van der Waals surface area contributed by atoms with E-state index in [-0.39, 0.29) is 5.92 Å². The lowest BCUT2D eigenvalue weighted by Crippen LogP contribution is -2.06. The molecule has 0 aliphatic heterocycles. The molecule has 0 saturated carbocycles. The standard InChI is InChI=1S/C12H14N2O/c1-8(2)12(15)9-4-3-5-10-11(9)14-7-6-13-10/h3-8,12,15H,1-2H3. The Morgan fingerprint density at radius 2 is 1.87 bits per heavy atom. The number of fused-ring (bicyclic) bond motifs is 1. The van der Waals surface area contributed by atoms with E-state index in [1.54, 1.807) is 12.4 Å². The van der Waals surface area contributed by atoms with Gasteiger partial charge in [-0.05, 0) is 12.0 Å². The van der Waals surface area contributed by atoms with Crippen LogP contribution in [0.15, 0.2) is 30.6 Å². The molecule has 3 nitrogen and oxygen atoms in total. The fraction of sp³-hybridized carbons (Fsp3) is 0.333. The predicted molar refractivity (Wildman–Crippen MR) is 59.3 cm³/mol. The van der Waals surface area contributed by atoms with Crippen LogP contribution in [0.3, 0.4) is 0 Å². The summed E-state index contributed by atoms with van der Waals surface area (Å²) in [6, 6.07) is 5.71. The van der Waals surface area contributed by atoms with Crippen LogP contribution in [0.2, 0.25) is 0 Å². The first kappa shape index (κ1) is 10.1. The highest BCUT2D eigenvalue weighted by Gasteiger charge is 2.15. The van der Waals surface area contributed by atoms with Crippen LogP contribution in [0.5, 0.6) is 0 Å². The number of aliphatic hydroxyl groups excluding tert-OH is 1. The summed E-state index contributed by atoms with van der Waals surface area (Å²) in [7, 11) is 0. The Hall–Kier alpha value is -1.48. The molecule has 15 heavy (non-hydrogen) atoms. The quantitative estimate of drug-likeness (QED) is 0.812. The number of rotatable bonds is 2. The van der Waals surface area contributed by atoms with Crippen molar-refractivity contribution in [3.05, 3.63) is 36.2 Å². The van der Waals surface area contributed by atoms with Gasteiger partial charge in [-0.15, -0.1) is 0 Å². The minimum atomic E-state index is -0.481. The van der Waals surface area contributed by atoms with Crippen molar-refractivity contribution < 1.29 is 5.11 Å². The Balaban J connectivity index is 2.60. The Bertz CT molecular complexity index is 463. The summed E-state index contributed by atoms with van der Waals surface area (Å²) in [4.78, 5) is 8.47. The van der Waals surface area contributed by atoms with Crippen LogP contribution in [0.4, 0.5) is 0 Å². The van der Waals surface area contributed by atoms with Gasteiger partial charge in [0.25, 0.3) is 0 Å². The van der Waals surface area contributed by atoms with Crippen molar-refractivity contribution >= 4 is 11.0 Å². The summed E-state index contributed by atoms with van der Waals surface area (Å²) in [6.07, 6.45) is 2.83. The number of benzene rings is 1. The normalized spacial score (nSPS) is 13.3. The molecule has 0 bridgehead atoms. The molecule has 2 rings (SSSR count). The van der Waals surface area contributed by atoms with E-state index < -0.39 is 6.10 Å². The molecule has 1 N–H and O–H groups in total. The number of hydrogen-bond acceptors (Lipinski definition) is 3. The van der Waals surface area contributed by atoms with Gasteiger partial charge in [-0.1, -0.05) is 26.0 Å². The minimum Gasteiger partial charge on any atom is -0.388 e. The lowest BCUT2D eigenvalue weighted by Gasteiger charge is -2.15. The van der Waals surface area contributed by atoms with Gasteiger partial charge in [0.2, 0.25) is 0 Å². The van der Waals surface area contributed by atoms with Gasteiger partial charge in [-0.3, -0.25) is 9.97 Å². The second-order valence-electron chi connectivity index (χ2n) is 3.96. The molecule has 78 valence electrons. The molecule has 2 aromatic rings. The van der Waals surface area contributed by atoms with E-state index in [9.17, 15) is 5.11 Å². The van der Waals surface area contributed by atoms with Crippen LogP contribution in [0, 0.1) is 5.92 Å². The second kappa shape index (κ2) is 3.95. The summed E-state index contributed by atoms with van der Waals surface area (Å²) in [5.74, 6) is 0.178. The van der Waals surface area contributed by atoms with Gasteiger partial charge >= 0.3 is 0 Å². The van der Waals surface area contributed by atoms with E-state index in [4.69, 9.17) is 0 Å². The van der Waals surface area contributed by atoms with Crippen LogP contribution in [0.25, 0.3) is 11.0 Å². The molecule has 0 spiro atoms. The summed E-state index contributed by atoms with van der Waals surface area (Å²) in [6.45, 7) is 3.97. The lowest BCUT2D eigenvalue weighted by molar-refractivity contribution is 0.128. The van der Waals surface area contributed by atoms with Gasteiger partial charge in [-0.25, -0.2) is 0 Å². The van der Waals surface area contributed by atoms with Crippen molar-refractivity contribution in [3.63, 3.8) is 0 Å². The molecular weight excluding hydrogens is 188 g/mol. The van der Waals surface area contributed by atoms with Crippen molar-refractivity contribution in [2.45, 2.75) is 20.0 Å². The van der Waals surface area contributed by atoms with Crippen LogP contribution in [-0.4, -0.2) is 15.1 Å². The van der Waals surface area contributed by atoms with E-state index >= 15 is 0 Å². The summed E-state index contributed by atoms with van der Waals surface area (Å²) >= 11 is 0. The third-order valence-corrected chi connectivity index (χ3v) is 2.48. The molecule has 1 aromatic heterocycles. The molecule has 0 fully saturated rings. The van der Waals surface area contributed by atoms with Crippen molar-refractivity contribution in [2.24, 2.45) is 5.92 Å². The van der Waals surface area contributed by atoms with Crippen LogP contribution < -0.4 is 0 Å². The average molecular weight is 202 g/mol. The highest BCUT2D eigenvalue weighted by atomic mass is 16.3. The van der Waals surface area contributed by atoms with Gasteiger partial charge in [0.1, 0.15) is 0 Å². The van der Waals surface area contributed by atoms with Crippen LogP contribution in [0.1, 0.15) is 25.5 Å². The van der Waals surface area contributed by atoms with E-state index in [1.165, 1.54) is 0 Å². The molecule has 0 amide bonds. The third kappa shape index (κ3) is 1.83. The van der Waals surface area contributed by atoms with Crippen LogP contribution in [-0.2, 0) is 0 Å². The van der Waals surface area contributed by atoms with Gasteiger partial charge in [0.05, 0.1) is 17.1 Å². The largest absolute Gasteiger partial charge is 0.388 e. The smallest absolute Gasteiger partial charge is 0.0944 e. The highest BCUT2D eigenvalue weighted by Crippen LogP contribution is 2.26. The maximum Gasteiger partial charge on any atom is 0.0944 e. The molecule has 1 heterocycles. The second-order valence-corrected chi connectivity index (χ2v) is 3.96. The molecule has 1 unspecified atom stereocenters. The van der Waals surface area contributed by atoms with Gasteiger partial charge in [0.15, 0.2) is 0 Å². The molecule has 1 atom stereocenters. The zero-order valence-corrected chi connectivity index (χ0v) is 8.88. The lowest BCUT2D eigenvalue weighted by atomic mass is 9.98. The van der Waals surface area contributed by atoms with Gasteiger partial charge in [0, 0.05) is 18.0 Å². The van der Waals surface area contributed by atoms with Crippen LogP contribution >= 0.6 is 0 Å². The molecular formula is C12H14N2O.